The zero-order chi connectivity index (χ0) is 15.5. The molecule has 1 rings (SSSR count). The lowest BCUT2D eigenvalue weighted by Crippen LogP contribution is -2.14. The third-order valence-electron chi connectivity index (χ3n) is 3.69. The largest absolute Gasteiger partial charge is 0.490 e. The first kappa shape index (κ1) is 17.8. The van der Waals surface area contributed by atoms with E-state index in [9.17, 15) is 0 Å². The normalized spacial score (nSPS) is 10.9. The van der Waals surface area contributed by atoms with Crippen molar-refractivity contribution in [2.24, 2.45) is 5.92 Å². The van der Waals surface area contributed by atoms with Crippen LogP contribution in [0.3, 0.4) is 0 Å². The maximum Gasteiger partial charge on any atom is 0.161 e. The highest BCUT2D eigenvalue weighted by atomic mass is 16.5. The molecular weight excluding hydrogens is 262 g/mol. The molecule has 0 aliphatic heterocycles. The number of nitrogens with one attached hydrogen (secondary N) is 1. The Bertz CT molecular complexity index is 389. The monoisotopic (exact) mass is 293 g/mol. The average Bonchev–Trinajstić information content (AvgIpc) is 2.50. The maximum absolute atomic E-state index is 5.97. The second-order valence-electron chi connectivity index (χ2n) is 5.38. The van der Waals surface area contributed by atoms with Crippen molar-refractivity contribution < 1.29 is 9.47 Å². The molecule has 0 aliphatic carbocycles. The van der Waals surface area contributed by atoms with Crippen molar-refractivity contribution in [1.29, 1.82) is 0 Å². The van der Waals surface area contributed by atoms with Crippen LogP contribution < -0.4 is 14.8 Å². The van der Waals surface area contributed by atoms with Gasteiger partial charge in [0, 0.05) is 6.54 Å². The Kier molecular flexibility index (Phi) is 8.91. The molecule has 0 spiro atoms. The zero-order valence-corrected chi connectivity index (χ0v) is 14.1. The average molecular weight is 293 g/mol. The molecule has 0 amide bonds. The molecule has 0 saturated carbocycles. The van der Waals surface area contributed by atoms with E-state index in [1.807, 2.05) is 13.0 Å². The number of hydrogen-bond donors (Lipinski definition) is 1. The third-order valence-corrected chi connectivity index (χ3v) is 3.69. The van der Waals surface area contributed by atoms with Gasteiger partial charge in [0.05, 0.1) is 13.2 Å². The second-order valence-corrected chi connectivity index (χ2v) is 5.38. The van der Waals surface area contributed by atoms with E-state index in [1.165, 1.54) is 5.56 Å². The fourth-order valence-electron chi connectivity index (χ4n) is 2.19. The van der Waals surface area contributed by atoms with E-state index in [0.717, 1.165) is 50.5 Å². The van der Waals surface area contributed by atoms with Gasteiger partial charge in [0.2, 0.25) is 0 Å². The van der Waals surface area contributed by atoms with Crippen LogP contribution in [-0.2, 0) is 6.54 Å². The first-order valence-electron chi connectivity index (χ1n) is 8.34. The summed E-state index contributed by atoms with van der Waals surface area (Å²) in [4.78, 5) is 0. The minimum Gasteiger partial charge on any atom is -0.490 e. The van der Waals surface area contributed by atoms with Crippen LogP contribution in [0.2, 0.25) is 0 Å². The highest BCUT2D eigenvalue weighted by molar-refractivity contribution is 5.43. The fraction of sp³-hybridized carbons (Fsp3) is 0.667. The molecule has 21 heavy (non-hydrogen) atoms. The number of benzene rings is 1. The Morgan fingerprint density at radius 3 is 2.38 bits per heavy atom. The molecule has 0 unspecified atom stereocenters. The molecule has 3 heteroatoms. The Balaban J connectivity index is 2.69. The molecule has 0 aromatic heterocycles. The van der Waals surface area contributed by atoms with Gasteiger partial charge in [0.25, 0.3) is 0 Å². The number of ether oxygens (including phenoxy) is 2. The molecule has 0 atom stereocenters. The molecular formula is C18H31NO2. The van der Waals surface area contributed by atoms with E-state index >= 15 is 0 Å². The van der Waals surface area contributed by atoms with Gasteiger partial charge in [-0.3, -0.25) is 0 Å². The van der Waals surface area contributed by atoms with E-state index in [1.54, 1.807) is 0 Å². The fourth-order valence-corrected chi connectivity index (χ4v) is 2.19. The van der Waals surface area contributed by atoms with Crippen LogP contribution in [0.5, 0.6) is 11.5 Å². The van der Waals surface area contributed by atoms with Gasteiger partial charge in [-0.15, -0.1) is 0 Å². The van der Waals surface area contributed by atoms with Gasteiger partial charge < -0.3 is 14.8 Å². The lowest BCUT2D eigenvalue weighted by atomic mass is 10.1. The van der Waals surface area contributed by atoms with E-state index in [4.69, 9.17) is 9.47 Å². The Hall–Kier alpha value is -1.22. The van der Waals surface area contributed by atoms with Crippen LogP contribution >= 0.6 is 0 Å². The predicted molar refractivity (Wildman–Crippen MR) is 89.2 cm³/mol. The summed E-state index contributed by atoms with van der Waals surface area (Å²) < 4.78 is 11.7. The van der Waals surface area contributed by atoms with Gasteiger partial charge in [-0.05, 0) is 43.5 Å². The predicted octanol–water partition coefficient (Wildman–Crippen LogP) is 4.40. The lowest BCUT2D eigenvalue weighted by molar-refractivity contribution is 0.225. The number of hydrogen-bond acceptors (Lipinski definition) is 3. The Labute approximate surface area is 130 Å². The van der Waals surface area contributed by atoms with Crippen molar-refractivity contribution in [3.8, 4) is 11.5 Å². The van der Waals surface area contributed by atoms with Gasteiger partial charge in [0.15, 0.2) is 11.5 Å². The topological polar surface area (TPSA) is 30.5 Å². The SMILES string of the molecule is CCCNCc1ccc(OCC(CC)CC)c(OCC)c1. The lowest BCUT2D eigenvalue weighted by Gasteiger charge is -2.17. The molecule has 1 aromatic carbocycles. The van der Waals surface area contributed by atoms with Crippen LogP contribution in [0.15, 0.2) is 18.2 Å². The van der Waals surface area contributed by atoms with Gasteiger partial charge in [-0.2, -0.15) is 0 Å². The summed E-state index contributed by atoms with van der Waals surface area (Å²) >= 11 is 0. The Morgan fingerprint density at radius 1 is 1.00 bits per heavy atom. The summed E-state index contributed by atoms with van der Waals surface area (Å²) in [5.41, 5.74) is 1.24. The molecule has 0 radical (unpaired) electrons. The zero-order valence-electron chi connectivity index (χ0n) is 14.1. The molecule has 0 heterocycles. The highest BCUT2D eigenvalue weighted by Gasteiger charge is 2.09. The molecule has 0 fully saturated rings. The van der Waals surface area contributed by atoms with Gasteiger partial charge >= 0.3 is 0 Å². The van der Waals surface area contributed by atoms with E-state index in [-0.39, 0.29) is 0 Å². The van der Waals surface area contributed by atoms with Crippen LogP contribution in [0.1, 0.15) is 52.5 Å². The maximum atomic E-state index is 5.97. The van der Waals surface area contributed by atoms with Crippen molar-refractivity contribution >= 4 is 0 Å². The van der Waals surface area contributed by atoms with Crippen molar-refractivity contribution in [3.63, 3.8) is 0 Å². The van der Waals surface area contributed by atoms with Crippen molar-refractivity contribution in [3.05, 3.63) is 23.8 Å². The molecule has 1 N–H and O–H groups in total. The van der Waals surface area contributed by atoms with Crippen LogP contribution in [-0.4, -0.2) is 19.8 Å². The molecule has 0 aliphatic rings. The summed E-state index contributed by atoms with van der Waals surface area (Å²) in [6, 6.07) is 6.25. The molecule has 120 valence electrons. The standard InChI is InChI=1S/C18H31NO2/c1-5-11-19-13-16-9-10-17(18(12-16)20-8-4)21-14-15(6-2)7-3/h9-10,12,15,19H,5-8,11,13-14H2,1-4H3. The third kappa shape index (κ3) is 6.38. The summed E-state index contributed by atoms with van der Waals surface area (Å²) in [5.74, 6) is 2.34. The minimum atomic E-state index is 0.616. The highest BCUT2D eigenvalue weighted by Crippen LogP contribution is 2.29. The van der Waals surface area contributed by atoms with E-state index < -0.39 is 0 Å². The van der Waals surface area contributed by atoms with Crippen LogP contribution in [0, 0.1) is 5.92 Å². The smallest absolute Gasteiger partial charge is 0.161 e. The molecule has 1 aromatic rings. The quantitative estimate of drug-likeness (QED) is 0.613. The first-order valence-corrected chi connectivity index (χ1v) is 8.34. The number of rotatable bonds is 11. The van der Waals surface area contributed by atoms with Gasteiger partial charge in [-0.1, -0.05) is 39.7 Å². The second kappa shape index (κ2) is 10.5. The van der Waals surface area contributed by atoms with E-state index in [0.29, 0.717) is 12.5 Å². The van der Waals surface area contributed by atoms with Gasteiger partial charge in [0.1, 0.15) is 0 Å². The van der Waals surface area contributed by atoms with Crippen molar-refractivity contribution in [2.45, 2.75) is 53.5 Å². The van der Waals surface area contributed by atoms with Crippen molar-refractivity contribution in [1.82, 2.24) is 5.32 Å². The van der Waals surface area contributed by atoms with Gasteiger partial charge in [-0.25, -0.2) is 0 Å². The minimum absolute atomic E-state index is 0.616. The molecule has 0 bridgehead atoms. The summed E-state index contributed by atoms with van der Waals surface area (Å²) in [5, 5.41) is 3.41. The summed E-state index contributed by atoms with van der Waals surface area (Å²) in [6.45, 7) is 11.9. The first-order chi connectivity index (χ1) is 10.2. The van der Waals surface area contributed by atoms with E-state index in [2.05, 4.69) is 38.2 Å². The molecule has 0 saturated heterocycles. The summed E-state index contributed by atoms with van der Waals surface area (Å²) in [7, 11) is 0. The Morgan fingerprint density at radius 2 is 1.76 bits per heavy atom. The van der Waals surface area contributed by atoms with Crippen molar-refractivity contribution in [2.75, 3.05) is 19.8 Å². The van der Waals surface area contributed by atoms with Crippen LogP contribution in [0.4, 0.5) is 0 Å². The van der Waals surface area contributed by atoms with Crippen LogP contribution in [0.25, 0.3) is 0 Å². The molecule has 3 nitrogen and oxygen atoms in total. The summed E-state index contributed by atoms with van der Waals surface area (Å²) in [6.07, 6.45) is 3.45.